The van der Waals surface area contributed by atoms with Crippen molar-refractivity contribution >= 4 is 28.3 Å². The summed E-state index contributed by atoms with van der Waals surface area (Å²) in [5.74, 6) is -1.33. The van der Waals surface area contributed by atoms with Crippen molar-refractivity contribution in [1.82, 2.24) is 9.88 Å². The number of hydrogen-bond donors (Lipinski definition) is 3. The van der Waals surface area contributed by atoms with Crippen LogP contribution in [0.2, 0.25) is 0 Å². The van der Waals surface area contributed by atoms with E-state index in [1.807, 2.05) is 36.4 Å². The maximum atomic E-state index is 13.8. The van der Waals surface area contributed by atoms with Crippen LogP contribution in [0, 0.1) is 5.82 Å². The van der Waals surface area contributed by atoms with Crippen molar-refractivity contribution in [3.63, 3.8) is 0 Å². The summed E-state index contributed by atoms with van der Waals surface area (Å²) < 4.78 is 13.8. The standard InChI is InChI=1S/C28H26FN3O3/c29-21-9-12-23-24(16-21)31-28(35)26(23)27(20-7-2-18(3-8-20)6-13-25(33)34)30-22-10-4-19(5-11-22)17-32-14-1-15-32/h2-5,7-12,16,31,35H,1,6,13-15,17H2,(H,33,34). The molecule has 6 nitrogen and oxygen atoms in total. The molecule has 1 fully saturated rings. The molecule has 7 heteroatoms. The van der Waals surface area contributed by atoms with Gasteiger partial charge in [-0.25, -0.2) is 9.38 Å². The Kier molecular flexibility index (Phi) is 6.33. The minimum atomic E-state index is -0.843. The van der Waals surface area contributed by atoms with Crippen LogP contribution in [0.3, 0.4) is 0 Å². The molecule has 3 aromatic carbocycles. The van der Waals surface area contributed by atoms with E-state index in [9.17, 15) is 14.3 Å². The molecule has 1 aliphatic heterocycles. The van der Waals surface area contributed by atoms with Gasteiger partial charge in [-0.05, 0) is 67.4 Å². The van der Waals surface area contributed by atoms with E-state index in [1.54, 1.807) is 6.07 Å². The molecule has 178 valence electrons. The Morgan fingerprint density at radius 2 is 1.71 bits per heavy atom. The third-order valence-electron chi connectivity index (χ3n) is 6.36. The Bertz CT molecular complexity index is 1390. The first-order valence-corrected chi connectivity index (χ1v) is 11.7. The molecule has 0 saturated carbocycles. The van der Waals surface area contributed by atoms with E-state index >= 15 is 0 Å². The summed E-state index contributed by atoms with van der Waals surface area (Å²) in [5, 5.41) is 20.4. The second kappa shape index (κ2) is 9.72. The highest BCUT2D eigenvalue weighted by Crippen LogP contribution is 2.32. The number of nitrogens with zero attached hydrogens (tertiary/aromatic N) is 2. The summed E-state index contributed by atoms with van der Waals surface area (Å²) in [6, 6.07) is 19.9. The minimum absolute atomic E-state index is 0.0544. The van der Waals surface area contributed by atoms with Gasteiger partial charge >= 0.3 is 5.97 Å². The minimum Gasteiger partial charge on any atom is -0.494 e. The van der Waals surface area contributed by atoms with E-state index in [4.69, 9.17) is 10.1 Å². The van der Waals surface area contributed by atoms with Crippen LogP contribution in [-0.4, -0.2) is 44.9 Å². The van der Waals surface area contributed by atoms with E-state index in [2.05, 4.69) is 22.0 Å². The lowest BCUT2D eigenvalue weighted by atomic mass is 9.98. The van der Waals surface area contributed by atoms with Gasteiger partial charge < -0.3 is 15.2 Å². The Balaban J connectivity index is 1.54. The topological polar surface area (TPSA) is 88.9 Å². The number of carboxylic acids is 1. The molecule has 5 rings (SSSR count). The van der Waals surface area contributed by atoms with Gasteiger partial charge in [0.15, 0.2) is 5.88 Å². The van der Waals surface area contributed by atoms with Gasteiger partial charge in [-0.15, -0.1) is 0 Å². The number of aromatic hydroxyl groups is 1. The van der Waals surface area contributed by atoms with Crippen LogP contribution >= 0.6 is 0 Å². The number of carboxylic acid groups (broad SMARTS) is 1. The van der Waals surface area contributed by atoms with E-state index in [-0.39, 0.29) is 12.3 Å². The van der Waals surface area contributed by atoms with Gasteiger partial charge in [0, 0.05) is 23.9 Å². The van der Waals surface area contributed by atoms with Crippen LogP contribution in [0.4, 0.5) is 10.1 Å². The lowest BCUT2D eigenvalue weighted by Gasteiger charge is -2.30. The molecule has 1 saturated heterocycles. The number of rotatable bonds is 8. The van der Waals surface area contributed by atoms with Gasteiger partial charge in [0.2, 0.25) is 0 Å². The van der Waals surface area contributed by atoms with Crippen LogP contribution in [-0.2, 0) is 17.8 Å². The van der Waals surface area contributed by atoms with E-state index < -0.39 is 11.8 Å². The Hall–Kier alpha value is -3.97. The number of benzene rings is 3. The molecule has 0 spiro atoms. The SMILES string of the molecule is O=C(O)CCc1ccc(C(=Nc2ccc(CN3CCC3)cc2)c2c(O)[nH]c3cc(F)ccc23)cc1. The number of nitrogens with one attached hydrogen (secondary N) is 1. The van der Waals surface area contributed by atoms with Crippen molar-refractivity contribution in [3.05, 3.63) is 94.8 Å². The monoisotopic (exact) mass is 471 g/mol. The fourth-order valence-corrected chi connectivity index (χ4v) is 4.34. The quantitative estimate of drug-likeness (QED) is 0.300. The number of halogens is 1. The van der Waals surface area contributed by atoms with Crippen molar-refractivity contribution in [3.8, 4) is 5.88 Å². The summed E-state index contributed by atoms with van der Waals surface area (Å²) in [6.45, 7) is 3.18. The maximum absolute atomic E-state index is 13.8. The smallest absolute Gasteiger partial charge is 0.303 e. The van der Waals surface area contributed by atoms with Crippen molar-refractivity contribution < 1.29 is 19.4 Å². The molecule has 0 unspecified atom stereocenters. The first kappa shape index (κ1) is 22.8. The third kappa shape index (κ3) is 5.10. The maximum Gasteiger partial charge on any atom is 0.303 e. The molecule has 35 heavy (non-hydrogen) atoms. The molecule has 3 N–H and O–H groups in total. The highest BCUT2D eigenvalue weighted by molar-refractivity contribution is 6.21. The van der Waals surface area contributed by atoms with Crippen molar-refractivity contribution in [2.24, 2.45) is 4.99 Å². The van der Waals surface area contributed by atoms with Crippen LogP contribution in [0.5, 0.6) is 5.88 Å². The highest BCUT2D eigenvalue weighted by atomic mass is 19.1. The van der Waals surface area contributed by atoms with Gasteiger partial charge in [-0.1, -0.05) is 36.4 Å². The molecule has 1 aromatic heterocycles. The van der Waals surface area contributed by atoms with Crippen LogP contribution in [0.15, 0.2) is 71.7 Å². The molecule has 0 amide bonds. The van der Waals surface area contributed by atoms with Gasteiger partial charge in [0.25, 0.3) is 0 Å². The average molecular weight is 472 g/mol. The molecule has 1 aliphatic rings. The van der Waals surface area contributed by atoms with Crippen LogP contribution in [0.25, 0.3) is 10.9 Å². The van der Waals surface area contributed by atoms with E-state index in [0.717, 1.165) is 36.4 Å². The number of hydrogen-bond acceptors (Lipinski definition) is 4. The van der Waals surface area contributed by atoms with Crippen molar-refractivity contribution in [2.75, 3.05) is 13.1 Å². The highest BCUT2D eigenvalue weighted by Gasteiger charge is 2.19. The summed E-state index contributed by atoms with van der Waals surface area (Å²) in [5.41, 5.74) is 5.12. The molecular weight excluding hydrogens is 445 g/mol. The summed E-state index contributed by atoms with van der Waals surface area (Å²) in [4.78, 5) is 21.1. The molecule has 0 radical (unpaired) electrons. The fraction of sp³-hybridized carbons (Fsp3) is 0.214. The lowest BCUT2D eigenvalue weighted by molar-refractivity contribution is -0.136. The largest absolute Gasteiger partial charge is 0.494 e. The van der Waals surface area contributed by atoms with Crippen molar-refractivity contribution in [2.45, 2.75) is 25.8 Å². The molecule has 2 heterocycles. The fourth-order valence-electron chi connectivity index (χ4n) is 4.34. The lowest BCUT2D eigenvalue weighted by Crippen LogP contribution is -2.36. The normalized spacial score (nSPS) is 14.3. The van der Waals surface area contributed by atoms with Gasteiger partial charge in [-0.3, -0.25) is 9.69 Å². The number of aliphatic carboxylic acids is 1. The van der Waals surface area contributed by atoms with E-state index in [1.165, 1.54) is 24.1 Å². The zero-order chi connectivity index (χ0) is 24.4. The number of fused-ring (bicyclic) bond motifs is 1. The van der Waals surface area contributed by atoms with Gasteiger partial charge in [-0.2, -0.15) is 0 Å². The molecular formula is C28H26FN3O3. The summed E-state index contributed by atoms with van der Waals surface area (Å²) >= 11 is 0. The number of H-pyrrole nitrogens is 1. The number of likely N-dealkylation sites (tertiary alicyclic amines) is 1. The third-order valence-corrected chi connectivity index (χ3v) is 6.36. The number of aromatic amines is 1. The zero-order valence-corrected chi connectivity index (χ0v) is 19.2. The number of aromatic nitrogens is 1. The molecule has 0 atom stereocenters. The summed E-state index contributed by atoms with van der Waals surface area (Å²) in [7, 11) is 0. The Labute approximate surface area is 202 Å². The summed E-state index contributed by atoms with van der Waals surface area (Å²) in [6.07, 6.45) is 1.73. The Morgan fingerprint density at radius 1 is 1.00 bits per heavy atom. The number of aliphatic imine (C=N–C) groups is 1. The first-order chi connectivity index (χ1) is 17.0. The first-order valence-electron chi connectivity index (χ1n) is 11.7. The van der Waals surface area contributed by atoms with Gasteiger partial charge in [0.05, 0.1) is 22.5 Å². The Morgan fingerprint density at radius 3 is 2.37 bits per heavy atom. The molecule has 0 aliphatic carbocycles. The van der Waals surface area contributed by atoms with Crippen molar-refractivity contribution in [1.29, 1.82) is 0 Å². The van der Waals surface area contributed by atoms with E-state index in [0.29, 0.717) is 28.6 Å². The molecule has 4 aromatic rings. The number of carbonyl (C=O) groups is 1. The molecule has 0 bridgehead atoms. The second-order valence-electron chi connectivity index (χ2n) is 8.89. The zero-order valence-electron chi connectivity index (χ0n) is 19.2. The second-order valence-corrected chi connectivity index (χ2v) is 8.89. The van der Waals surface area contributed by atoms with Crippen LogP contribution in [0.1, 0.15) is 35.1 Å². The predicted molar refractivity (Wildman–Crippen MR) is 134 cm³/mol. The van der Waals surface area contributed by atoms with Gasteiger partial charge in [0.1, 0.15) is 5.82 Å². The average Bonchev–Trinajstić information content (AvgIpc) is 3.14. The predicted octanol–water partition coefficient (Wildman–Crippen LogP) is 5.40. The van der Waals surface area contributed by atoms with Crippen LogP contribution < -0.4 is 0 Å². The number of aryl methyl sites for hydroxylation is 1.